The highest BCUT2D eigenvalue weighted by Crippen LogP contribution is 2.41. The van der Waals surface area contributed by atoms with Crippen molar-refractivity contribution in [2.45, 2.75) is 63.8 Å². The van der Waals surface area contributed by atoms with E-state index in [2.05, 4.69) is 38.8 Å². The summed E-state index contributed by atoms with van der Waals surface area (Å²) in [6.45, 7) is 10.9. The van der Waals surface area contributed by atoms with E-state index in [1.54, 1.807) is 18.6 Å². The van der Waals surface area contributed by atoms with Crippen molar-refractivity contribution in [3.8, 4) is 0 Å². The fourth-order valence-electron chi connectivity index (χ4n) is 2.89. The van der Waals surface area contributed by atoms with Crippen LogP contribution >= 0.6 is 0 Å². The summed E-state index contributed by atoms with van der Waals surface area (Å²) in [6.07, 6.45) is 4.64. The molecule has 0 aliphatic carbocycles. The molecule has 3 atom stereocenters. The molecular formula is C17H27N3O4Si. The summed E-state index contributed by atoms with van der Waals surface area (Å²) < 4.78 is 15.9. The monoisotopic (exact) mass is 365 g/mol. The van der Waals surface area contributed by atoms with Crippen LogP contribution in [0.2, 0.25) is 18.1 Å². The van der Waals surface area contributed by atoms with E-state index in [-0.39, 0.29) is 29.4 Å². The molecule has 7 nitrogen and oxygen atoms in total. The summed E-state index contributed by atoms with van der Waals surface area (Å²) in [6, 6.07) is 1.49. The average molecular weight is 366 g/mol. The second-order valence-electron chi connectivity index (χ2n) is 8.14. The fourth-order valence-corrected chi connectivity index (χ4v) is 4.21. The number of rotatable bonds is 4. The topological polar surface area (TPSA) is 78.0 Å². The first kappa shape index (κ1) is 18.3. The van der Waals surface area contributed by atoms with E-state index in [0.717, 1.165) is 0 Å². The molecule has 0 amide bonds. The van der Waals surface area contributed by atoms with Gasteiger partial charge in [0.25, 0.3) is 5.56 Å². The molecule has 3 rings (SSSR count). The van der Waals surface area contributed by atoms with Gasteiger partial charge in [0.15, 0.2) is 14.5 Å². The normalized spacial score (nSPS) is 25.0. The molecule has 25 heavy (non-hydrogen) atoms. The molecule has 3 heterocycles. The quantitative estimate of drug-likeness (QED) is 0.840. The van der Waals surface area contributed by atoms with Gasteiger partial charge in [0.1, 0.15) is 0 Å². The van der Waals surface area contributed by atoms with Crippen molar-refractivity contribution in [2.75, 3.05) is 6.61 Å². The van der Waals surface area contributed by atoms with Crippen molar-refractivity contribution in [2.24, 2.45) is 0 Å². The number of nitrogens with zero attached hydrogens (tertiary/aromatic N) is 3. The minimum Gasteiger partial charge on any atom is -0.409 e. The number of imidazole rings is 1. The predicted octanol–water partition coefficient (Wildman–Crippen LogP) is 2.17. The molecule has 138 valence electrons. The largest absolute Gasteiger partial charge is 0.409 e. The maximum Gasteiger partial charge on any atom is 0.258 e. The lowest BCUT2D eigenvalue weighted by Crippen LogP contribution is -2.45. The van der Waals surface area contributed by atoms with Gasteiger partial charge in [0.05, 0.1) is 18.8 Å². The molecule has 0 bridgehead atoms. The maximum atomic E-state index is 12.0. The number of aliphatic hydroxyl groups is 1. The summed E-state index contributed by atoms with van der Waals surface area (Å²) in [5.41, 5.74) is -0.137. The zero-order chi connectivity index (χ0) is 18.4. The second kappa shape index (κ2) is 6.35. The molecule has 0 aromatic carbocycles. The van der Waals surface area contributed by atoms with Gasteiger partial charge in [-0.3, -0.25) is 13.8 Å². The van der Waals surface area contributed by atoms with Crippen LogP contribution in [0.15, 0.2) is 29.5 Å². The van der Waals surface area contributed by atoms with Crippen LogP contribution in [0.1, 0.15) is 33.4 Å². The summed E-state index contributed by atoms with van der Waals surface area (Å²) in [5, 5.41) is 9.65. The number of hydrogen-bond acceptors (Lipinski definition) is 5. The van der Waals surface area contributed by atoms with Crippen molar-refractivity contribution >= 4 is 14.1 Å². The van der Waals surface area contributed by atoms with Crippen LogP contribution in [-0.4, -0.2) is 46.2 Å². The number of fused-ring (bicyclic) bond motifs is 1. The van der Waals surface area contributed by atoms with Crippen LogP contribution in [0.25, 0.3) is 5.78 Å². The van der Waals surface area contributed by atoms with E-state index >= 15 is 0 Å². The Morgan fingerprint density at radius 1 is 1.40 bits per heavy atom. The predicted molar refractivity (Wildman–Crippen MR) is 97.1 cm³/mol. The van der Waals surface area contributed by atoms with Crippen molar-refractivity contribution in [3.05, 3.63) is 35.0 Å². The lowest BCUT2D eigenvalue weighted by molar-refractivity contribution is -0.0465. The minimum absolute atomic E-state index is 0.0568. The Balaban J connectivity index is 1.98. The highest BCUT2D eigenvalue weighted by Gasteiger charge is 2.45. The van der Waals surface area contributed by atoms with Crippen molar-refractivity contribution in [1.29, 1.82) is 0 Å². The van der Waals surface area contributed by atoms with Crippen LogP contribution in [-0.2, 0) is 9.16 Å². The van der Waals surface area contributed by atoms with Gasteiger partial charge in [-0.1, -0.05) is 20.8 Å². The Morgan fingerprint density at radius 3 is 2.76 bits per heavy atom. The zero-order valence-electron chi connectivity index (χ0n) is 15.5. The number of aliphatic hydroxyl groups excluding tert-OH is 1. The van der Waals surface area contributed by atoms with Gasteiger partial charge >= 0.3 is 0 Å². The van der Waals surface area contributed by atoms with E-state index in [4.69, 9.17) is 9.16 Å². The highest BCUT2D eigenvalue weighted by molar-refractivity contribution is 6.74. The molecule has 2 aromatic rings. The first-order valence-electron chi connectivity index (χ1n) is 8.62. The van der Waals surface area contributed by atoms with E-state index in [1.807, 2.05) is 4.57 Å². The molecule has 0 saturated carbocycles. The molecule has 1 unspecified atom stereocenters. The lowest BCUT2D eigenvalue weighted by Gasteiger charge is -2.39. The number of hydrogen-bond donors (Lipinski definition) is 1. The molecular weight excluding hydrogens is 338 g/mol. The summed E-state index contributed by atoms with van der Waals surface area (Å²) >= 11 is 0. The third-order valence-corrected chi connectivity index (χ3v) is 9.85. The smallest absolute Gasteiger partial charge is 0.258 e. The first-order valence-corrected chi connectivity index (χ1v) is 11.5. The summed E-state index contributed by atoms with van der Waals surface area (Å²) in [7, 11) is -2.01. The standard InChI is InChI=1S/C17H27N3O4Si/c1-17(2,3)25(4,5)24-13-10-12(11-21)23-15(13)20-8-6-14(22)19-9-7-18-16(19)20/h6-9,12-13,15,21H,10-11H2,1-5H3/t12-,13?,15+/m0/s1. The van der Waals surface area contributed by atoms with Crippen molar-refractivity contribution < 1.29 is 14.3 Å². The molecule has 1 fully saturated rings. The number of ether oxygens (including phenoxy) is 1. The Labute approximate surface area is 148 Å². The Morgan fingerprint density at radius 2 is 2.12 bits per heavy atom. The van der Waals surface area contributed by atoms with Crippen LogP contribution in [0.3, 0.4) is 0 Å². The molecule has 1 saturated heterocycles. The molecule has 1 N–H and O–H groups in total. The van der Waals surface area contributed by atoms with Crippen molar-refractivity contribution in [1.82, 2.24) is 14.0 Å². The lowest BCUT2D eigenvalue weighted by atomic mass is 10.2. The van der Waals surface area contributed by atoms with Gasteiger partial charge in [-0.05, 0) is 18.1 Å². The van der Waals surface area contributed by atoms with E-state index < -0.39 is 14.5 Å². The SMILES string of the molecule is CC(C)(C)[Si](C)(C)OC1C[C@@H](CO)O[C@H]1n1ccc(=O)n2ccnc12. The highest BCUT2D eigenvalue weighted by atomic mass is 28.4. The van der Waals surface area contributed by atoms with Crippen LogP contribution in [0, 0.1) is 0 Å². The van der Waals surface area contributed by atoms with Gasteiger partial charge in [-0.15, -0.1) is 0 Å². The van der Waals surface area contributed by atoms with Gasteiger partial charge < -0.3 is 14.3 Å². The Kier molecular flexibility index (Phi) is 4.65. The molecule has 0 spiro atoms. The van der Waals surface area contributed by atoms with Gasteiger partial charge in [-0.2, -0.15) is 0 Å². The van der Waals surface area contributed by atoms with Crippen LogP contribution in [0.4, 0.5) is 0 Å². The van der Waals surface area contributed by atoms with E-state index in [1.165, 1.54) is 10.5 Å². The fraction of sp³-hybridized carbons (Fsp3) is 0.647. The molecule has 0 radical (unpaired) electrons. The molecule has 1 aliphatic rings. The van der Waals surface area contributed by atoms with Crippen LogP contribution < -0.4 is 5.56 Å². The maximum absolute atomic E-state index is 12.0. The number of aromatic nitrogens is 3. The second-order valence-corrected chi connectivity index (χ2v) is 12.9. The third-order valence-electron chi connectivity index (χ3n) is 5.34. The van der Waals surface area contributed by atoms with Crippen molar-refractivity contribution in [3.63, 3.8) is 0 Å². The minimum atomic E-state index is -2.01. The summed E-state index contributed by atoms with van der Waals surface area (Å²) in [4.78, 5) is 16.3. The summed E-state index contributed by atoms with van der Waals surface area (Å²) in [5.74, 6) is 0.514. The van der Waals surface area contributed by atoms with Gasteiger partial charge in [0, 0.05) is 31.1 Å². The van der Waals surface area contributed by atoms with Gasteiger partial charge in [-0.25, -0.2) is 4.98 Å². The zero-order valence-corrected chi connectivity index (χ0v) is 16.5. The Bertz CT molecular complexity index is 808. The van der Waals surface area contributed by atoms with E-state index in [0.29, 0.717) is 12.2 Å². The first-order chi connectivity index (χ1) is 11.6. The molecule has 8 heteroatoms. The van der Waals surface area contributed by atoms with E-state index in [9.17, 15) is 9.90 Å². The third kappa shape index (κ3) is 3.31. The molecule has 1 aliphatic heterocycles. The van der Waals surface area contributed by atoms with Crippen LogP contribution in [0.5, 0.6) is 0 Å². The average Bonchev–Trinajstić information content (AvgIpc) is 3.14. The molecule has 2 aromatic heterocycles. The van der Waals surface area contributed by atoms with Gasteiger partial charge in [0.2, 0.25) is 5.78 Å². The Hall–Kier alpha value is -1.48.